The van der Waals surface area contributed by atoms with Crippen molar-refractivity contribution in [3.05, 3.63) is 35.5 Å². The lowest BCUT2D eigenvalue weighted by Crippen LogP contribution is -2.02. The largest absolute Gasteiger partial charge is 0.496 e. The van der Waals surface area contributed by atoms with Crippen LogP contribution in [0.15, 0.2) is 24.4 Å². The molecule has 0 aliphatic rings. The van der Waals surface area contributed by atoms with Crippen LogP contribution in [0, 0.1) is 0 Å². The third-order valence-electron chi connectivity index (χ3n) is 3.26. The summed E-state index contributed by atoms with van der Waals surface area (Å²) < 4.78 is 5.33. The van der Waals surface area contributed by atoms with E-state index in [9.17, 15) is 9.90 Å². The number of aromatic nitrogens is 1. The Morgan fingerprint density at radius 3 is 2.65 bits per heavy atom. The molecule has 4 N–H and O–H groups in total. The molecule has 0 fully saturated rings. The lowest BCUT2D eigenvalue weighted by molar-refractivity contribution is 0.0699. The van der Waals surface area contributed by atoms with E-state index >= 15 is 0 Å². The topological polar surface area (TPSA) is 88.3 Å². The molecule has 0 amide bonds. The fourth-order valence-electron chi connectivity index (χ4n) is 2.24. The van der Waals surface area contributed by atoms with Gasteiger partial charge in [0.15, 0.2) is 0 Å². The van der Waals surface area contributed by atoms with Crippen LogP contribution in [0.1, 0.15) is 35.7 Å². The Morgan fingerprint density at radius 2 is 2.10 bits per heavy atom. The molecule has 5 nitrogen and oxygen atoms in total. The van der Waals surface area contributed by atoms with Gasteiger partial charge in [-0.2, -0.15) is 0 Å². The number of carboxylic acids is 1. The number of rotatable bonds is 4. The van der Waals surface area contributed by atoms with Crippen LogP contribution >= 0.6 is 0 Å². The highest BCUT2D eigenvalue weighted by Gasteiger charge is 2.19. The summed E-state index contributed by atoms with van der Waals surface area (Å²) in [5.41, 5.74) is 8.35. The molecule has 0 atom stereocenters. The number of carboxylic acid groups (broad SMARTS) is 1. The molecule has 1 heterocycles. The second kappa shape index (κ2) is 5.28. The molecule has 0 saturated heterocycles. The van der Waals surface area contributed by atoms with Crippen molar-refractivity contribution >= 4 is 11.7 Å². The quantitative estimate of drug-likeness (QED) is 0.799. The standard InChI is InChI=1S/C15H18N2O3/c1-8(2)10-6-9(4-5-12(10)20-3)14-13(15(18)19)11(16)7-17-14/h4-8,17H,16H2,1-3H3,(H,18,19). The minimum absolute atomic E-state index is 0.102. The SMILES string of the molecule is COc1ccc(-c2[nH]cc(N)c2C(=O)O)cc1C(C)C. The molecule has 0 unspecified atom stereocenters. The highest BCUT2D eigenvalue weighted by atomic mass is 16.5. The molecule has 0 radical (unpaired) electrons. The summed E-state index contributed by atoms with van der Waals surface area (Å²) in [5.74, 6) is 0.0197. The maximum atomic E-state index is 11.3. The van der Waals surface area contributed by atoms with Crippen molar-refractivity contribution in [3.63, 3.8) is 0 Å². The van der Waals surface area contributed by atoms with E-state index in [1.165, 1.54) is 6.20 Å². The first-order valence-electron chi connectivity index (χ1n) is 6.34. The van der Waals surface area contributed by atoms with Crippen LogP contribution < -0.4 is 10.5 Å². The predicted molar refractivity (Wildman–Crippen MR) is 78.2 cm³/mol. The Hall–Kier alpha value is -2.43. The molecular weight excluding hydrogens is 256 g/mol. The van der Waals surface area contributed by atoms with E-state index in [1.807, 2.05) is 18.2 Å². The van der Waals surface area contributed by atoms with Gasteiger partial charge >= 0.3 is 5.97 Å². The van der Waals surface area contributed by atoms with Gasteiger partial charge in [-0.3, -0.25) is 0 Å². The first-order valence-corrected chi connectivity index (χ1v) is 6.34. The molecule has 0 bridgehead atoms. The highest BCUT2D eigenvalue weighted by molar-refractivity contribution is 6.00. The Balaban J connectivity index is 2.59. The first kappa shape index (κ1) is 14.0. The molecular formula is C15H18N2O3. The number of methoxy groups -OCH3 is 1. The van der Waals surface area contributed by atoms with Crippen molar-refractivity contribution in [2.75, 3.05) is 12.8 Å². The maximum absolute atomic E-state index is 11.3. The summed E-state index contributed by atoms with van der Waals surface area (Å²) in [5, 5.41) is 9.25. The molecule has 1 aromatic heterocycles. The third kappa shape index (κ3) is 2.34. The Morgan fingerprint density at radius 1 is 1.40 bits per heavy atom. The van der Waals surface area contributed by atoms with Crippen LogP contribution in [0.4, 0.5) is 5.69 Å². The fraction of sp³-hybridized carbons (Fsp3) is 0.267. The van der Waals surface area contributed by atoms with Gasteiger partial charge in [0.1, 0.15) is 11.3 Å². The van der Waals surface area contributed by atoms with E-state index in [4.69, 9.17) is 10.5 Å². The summed E-state index contributed by atoms with van der Waals surface area (Å²) in [4.78, 5) is 14.2. The summed E-state index contributed by atoms with van der Waals surface area (Å²) in [6.45, 7) is 4.12. The molecule has 1 aromatic carbocycles. The lowest BCUT2D eigenvalue weighted by atomic mass is 9.97. The average Bonchev–Trinajstić information content (AvgIpc) is 2.79. The molecule has 106 valence electrons. The van der Waals surface area contributed by atoms with E-state index < -0.39 is 5.97 Å². The van der Waals surface area contributed by atoms with Gasteiger partial charge in [-0.15, -0.1) is 0 Å². The fourth-order valence-corrected chi connectivity index (χ4v) is 2.24. The number of nitrogens with one attached hydrogen (secondary N) is 1. The van der Waals surface area contributed by atoms with Crippen molar-refractivity contribution in [1.82, 2.24) is 4.98 Å². The van der Waals surface area contributed by atoms with Gasteiger partial charge in [-0.25, -0.2) is 4.79 Å². The number of anilines is 1. The summed E-state index contributed by atoms with van der Waals surface area (Å²) in [7, 11) is 1.62. The molecule has 0 saturated carbocycles. The number of carbonyl (C=O) groups is 1. The van der Waals surface area contributed by atoms with Crippen LogP contribution in [0.5, 0.6) is 5.75 Å². The van der Waals surface area contributed by atoms with E-state index in [0.717, 1.165) is 16.9 Å². The monoisotopic (exact) mass is 274 g/mol. The van der Waals surface area contributed by atoms with Crippen LogP contribution in [0.25, 0.3) is 11.3 Å². The Kier molecular flexibility index (Phi) is 3.70. The smallest absolute Gasteiger partial charge is 0.340 e. The van der Waals surface area contributed by atoms with E-state index in [0.29, 0.717) is 5.69 Å². The molecule has 5 heteroatoms. The van der Waals surface area contributed by atoms with Crippen molar-refractivity contribution < 1.29 is 14.6 Å². The molecule has 0 aliphatic heterocycles. The molecule has 2 rings (SSSR count). The summed E-state index contributed by atoms with van der Waals surface area (Å²) >= 11 is 0. The molecule has 2 aromatic rings. The molecule has 0 aliphatic carbocycles. The van der Waals surface area contributed by atoms with E-state index in [2.05, 4.69) is 18.8 Å². The van der Waals surface area contributed by atoms with Crippen LogP contribution in [0.2, 0.25) is 0 Å². The average molecular weight is 274 g/mol. The van der Waals surface area contributed by atoms with E-state index in [-0.39, 0.29) is 17.2 Å². The number of aromatic carboxylic acids is 1. The number of nitrogens with two attached hydrogens (primary N) is 1. The first-order chi connectivity index (χ1) is 9.45. The lowest BCUT2D eigenvalue weighted by Gasteiger charge is -2.13. The zero-order valence-corrected chi connectivity index (χ0v) is 11.7. The third-order valence-corrected chi connectivity index (χ3v) is 3.26. The number of H-pyrrole nitrogens is 1. The van der Waals surface area contributed by atoms with Crippen molar-refractivity contribution in [3.8, 4) is 17.0 Å². The number of ether oxygens (including phenoxy) is 1. The number of hydrogen-bond acceptors (Lipinski definition) is 3. The highest BCUT2D eigenvalue weighted by Crippen LogP contribution is 2.33. The second-order valence-corrected chi connectivity index (χ2v) is 4.91. The van der Waals surface area contributed by atoms with E-state index in [1.54, 1.807) is 7.11 Å². The Bertz CT molecular complexity index is 645. The molecule has 20 heavy (non-hydrogen) atoms. The molecule has 0 spiro atoms. The van der Waals surface area contributed by atoms with Gasteiger partial charge in [0.05, 0.1) is 18.5 Å². The van der Waals surface area contributed by atoms with Gasteiger partial charge in [0.25, 0.3) is 0 Å². The predicted octanol–water partition coefficient (Wildman–Crippen LogP) is 3.09. The van der Waals surface area contributed by atoms with Gasteiger partial charge < -0.3 is 20.6 Å². The van der Waals surface area contributed by atoms with Gasteiger partial charge in [0.2, 0.25) is 0 Å². The maximum Gasteiger partial charge on any atom is 0.340 e. The van der Waals surface area contributed by atoms with Gasteiger partial charge in [-0.1, -0.05) is 13.8 Å². The normalized spacial score (nSPS) is 10.8. The number of hydrogen-bond donors (Lipinski definition) is 3. The number of benzene rings is 1. The number of nitrogen functional groups attached to an aromatic ring is 1. The van der Waals surface area contributed by atoms with Gasteiger partial charge in [-0.05, 0) is 35.2 Å². The van der Waals surface area contributed by atoms with Crippen molar-refractivity contribution in [2.45, 2.75) is 19.8 Å². The van der Waals surface area contributed by atoms with Gasteiger partial charge in [0, 0.05) is 6.20 Å². The van der Waals surface area contributed by atoms with Crippen molar-refractivity contribution in [1.29, 1.82) is 0 Å². The zero-order chi connectivity index (χ0) is 14.9. The van der Waals surface area contributed by atoms with Crippen LogP contribution in [-0.4, -0.2) is 23.2 Å². The van der Waals surface area contributed by atoms with Crippen LogP contribution in [0.3, 0.4) is 0 Å². The Labute approximate surface area is 117 Å². The number of aromatic amines is 1. The zero-order valence-electron chi connectivity index (χ0n) is 11.7. The summed E-state index contributed by atoms with van der Waals surface area (Å²) in [6, 6.07) is 5.59. The minimum Gasteiger partial charge on any atom is -0.496 e. The van der Waals surface area contributed by atoms with Crippen molar-refractivity contribution in [2.24, 2.45) is 0 Å². The summed E-state index contributed by atoms with van der Waals surface area (Å²) in [6.07, 6.45) is 1.50. The van der Waals surface area contributed by atoms with Crippen LogP contribution in [-0.2, 0) is 0 Å². The minimum atomic E-state index is -1.04. The second-order valence-electron chi connectivity index (χ2n) is 4.91.